The van der Waals surface area contributed by atoms with Gasteiger partial charge in [0.1, 0.15) is 11.3 Å². The van der Waals surface area contributed by atoms with Crippen LogP contribution >= 0.6 is 0 Å². The molecule has 0 N–H and O–H groups in total. The molecule has 2 aromatic heterocycles. The molecule has 5 aromatic rings. The summed E-state index contributed by atoms with van der Waals surface area (Å²) >= 11 is 0. The van der Waals surface area contributed by atoms with Crippen LogP contribution in [0.3, 0.4) is 0 Å². The summed E-state index contributed by atoms with van der Waals surface area (Å²) in [7, 11) is -1.57. The van der Waals surface area contributed by atoms with E-state index in [1.165, 1.54) is 12.1 Å². The number of rotatable bonds is 5. The molecule has 156 valence electrons. The minimum atomic E-state index is -1.57. The van der Waals surface area contributed by atoms with Crippen molar-refractivity contribution in [3.8, 4) is 0 Å². The van der Waals surface area contributed by atoms with Gasteiger partial charge in [-0.1, -0.05) is 54.6 Å². The maximum atomic E-state index is 13.4. The van der Waals surface area contributed by atoms with Crippen LogP contribution in [0.4, 0.5) is 10.1 Å². The third-order valence-corrected chi connectivity index (χ3v) is 6.36. The van der Waals surface area contributed by atoms with E-state index in [1.807, 2.05) is 34.9 Å². The molecule has 32 heavy (non-hydrogen) atoms. The molecule has 3 aromatic carbocycles. The number of hydrogen-bond donors (Lipinski definition) is 0. The molecule has 0 fully saturated rings. The van der Waals surface area contributed by atoms with E-state index in [0.29, 0.717) is 29.0 Å². The number of benzene rings is 3. The molecule has 0 saturated carbocycles. The molecule has 6 nitrogen and oxygen atoms in total. The highest BCUT2D eigenvalue weighted by Gasteiger charge is 2.18. The molecule has 0 saturated heterocycles. The van der Waals surface area contributed by atoms with Crippen LogP contribution in [-0.2, 0) is 23.1 Å². The molecular weight excluding hydrogens is 425 g/mol. The fourth-order valence-electron chi connectivity index (χ4n) is 3.67. The Morgan fingerprint density at radius 3 is 2.53 bits per heavy atom. The Bertz CT molecular complexity index is 1520. The van der Waals surface area contributed by atoms with E-state index in [1.54, 1.807) is 30.3 Å². The highest BCUT2D eigenvalue weighted by Crippen LogP contribution is 2.28. The molecular formula is C24H16FN5OS. The zero-order chi connectivity index (χ0) is 22.1. The molecule has 5 rings (SSSR count). The number of nitrogens with zero attached hydrogens (tertiary/aromatic N) is 5. The molecule has 0 aliphatic carbocycles. The first-order valence-corrected chi connectivity index (χ1v) is 11.2. The largest absolute Gasteiger partial charge is 0.319 e. The molecule has 0 radical (unpaired) electrons. The van der Waals surface area contributed by atoms with Crippen molar-refractivity contribution in [1.82, 2.24) is 19.7 Å². The van der Waals surface area contributed by atoms with E-state index in [0.717, 1.165) is 16.5 Å². The number of para-hydroxylation sites is 2. The van der Waals surface area contributed by atoms with Gasteiger partial charge in [-0.3, -0.25) is 4.21 Å². The summed E-state index contributed by atoms with van der Waals surface area (Å²) in [5.74, 6) is -0.165. The van der Waals surface area contributed by atoms with E-state index in [2.05, 4.69) is 20.0 Å². The predicted molar refractivity (Wildman–Crippen MR) is 121 cm³/mol. The van der Waals surface area contributed by atoms with E-state index >= 15 is 0 Å². The monoisotopic (exact) mass is 441 g/mol. The quantitative estimate of drug-likeness (QED) is 0.359. The summed E-state index contributed by atoms with van der Waals surface area (Å²) in [6, 6.07) is 21.1. The summed E-state index contributed by atoms with van der Waals surface area (Å²) in [4.78, 5) is 8.11. The standard InChI is InChI=1S/C24H16FN5OS/c1-26-20-8-4-2-6-17(20)15-32(31)24-27-23-22(28-29-24)19-7-3-5-9-21(19)30(23)14-16-10-12-18(25)13-11-16/h2-13H,14-15H2. The zero-order valence-electron chi connectivity index (χ0n) is 16.8. The average molecular weight is 441 g/mol. The van der Waals surface area contributed by atoms with Crippen LogP contribution in [0.15, 0.2) is 78.0 Å². The number of halogens is 1. The molecule has 0 bridgehead atoms. The van der Waals surface area contributed by atoms with Crippen LogP contribution < -0.4 is 0 Å². The second-order valence-corrected chi connectivity index (χ2v) is 8.57. The van der Waals surface area contributed by atoms with Gasteiger partial charge in [0.05, 0.1) is 22.9 Å². The van der Waals surface area contributed by atoms with Gasteiger partial charge in [0.25, 0.3) is 0 Å². The third-order valence-electron chi connectivity index (χ3n) is 5.21. The van der Waals surface area contributed by atoms with Crippen LogP contribution in [0, 0.1) is 12.4 Å². The fraction of sp³-hybridized carbons (Fsp3) is 0.0833. The lowest BCUT2D eigenvalue weighted by Gasteiger charge is -2.08. The van der Waals surface area contributed by atoms with Crippen molar-refractivity contribution in [2.24, 2.45) is 0 Å². The SMILES string of the molecule is [C-]#[N+]c1ccccc1CS(=O)c1nnc2c3ccccc3n(Cc3ccc(F)cc3)c2n1. The predicted octanol–water partition coefficient (Wildman–Crippen LogP) is 5.03. The Balaban J connectivity index is 1.59. The maximum absolute atomic E-state index is 13.4. The molecule has 0 aliphatic heterocycles. The van der Waals surface area contributed by atoms with Gasteiger partial charge in [-0.2, -0.15) is 4.98 Å². The van der Waals surface area contributed by atoms with E-state index in [-0.39, 0.29) is 16.7 Å². The van der Waals surface area contributed by atoms with Gasteiger partial charge in [-0.15, -0.1) is 10.2 Å². The summed E-state index contributed by atoms with van der Waals surface area (Å²) in [6.45, 7) is 7.76. The van der Waals surface area contributed by atoms with Gasteiger partial charge in [0, 0.05) is 17.7 Å². The highest BCUT2D eigenvalue weighted by atomic mass is 32.2. The first-order chi connectivity index (χ1) is 15.6. The number of aromatic nitrogens is 4. The van der Waals surface area contributed by atoms with Crippen LogP contribution in [-0.4, -0.2) is 24.0 Å². The molecule has 0 amide bonds. The van der Waals surface area contributed by atoms with Crippen molar-refractivity contribution in [3.05, 3.63) is 101 Å². The molecule has 0 spiro atoms. The van der Waals surface area contributed by atoms with Crippen molar-refractivity contribution >= 4 is 38.6 Å². The minimum Gasteiger partial charge on any atom is -0.319 e. The normalized spacial score (nSPS) is 12.1. The number of fused-ring (bicyclic) bond motifs is 3. The average Bonchev–Trinajstić information content (AvgIpc) is 3.14. The van der Waals surface area contributed by atoms with Gasteiger partial charge in [0.15, 0.2) is 11.3 Å². The fourth-order valence-corrected chi connectivity index (χ4v) is 4.64. The lowest BCUT2D eigenvalue weighted by Crippen LogP contribution is -2.07. The Kier molecular flexibility index (Phi) is 5.17. The molecule has 0 aliphatic rings. The zero-order valence-corrected chi connectivity index (χ0v) is 17.6. The maximum Gasteiger partial charge on any atom is 0.241 e. The molecule has 2 heterocycles. The Morgan fingerprint density at radius 2 is 1.72 bits per heavy atom. The summed E-state index contributed by atoms with van der Waals surface area (Å²) in [6.07, 6.45) is 0. The van der Waals surface area contributed by atoms with Crippen molar-refractivity contribution in [3.63, 3.8) is 0 Å². The van der Waals surface area contributed by atoms with Crippen molar-refractivity contribution < 1.29 is 8.60 Å². The van der Waals surface area contributed by atoms with Gasteiger partial charge in [0.2, 0.25) is 5.16 Å². The first-order valence-electron chi connectivity index (χ1n) is 9.84. The van der Waals surface area contributed by atoms with Gasteiger partial charge in [-0.25, -0.2) is 9.24 Å². The lowest BCUT2D eigenvalue weighted by atomic mass is 10.2. The van der Waals surface area contributed by atoms with E-state index < -0.39 is 10.8 Å². The minimum absolute atomic E-state index is 0.112. The van der Waals surface area contributed by atoms with Gasteiger partial charge in [-0.05, 0) is 29.3 Å². The highest BCUT2D eigenvalue weighted by molar-refractivity contribution is 7.84. The second kappa shape index (κ2) is 8.29. The van der Waals surface area contributed by atoms with Gasteiger partial charge >= 0.3 is 0 Å². The summed E-state index contributed by atoms with van der Waals surface area (Å²) in [5.41, 5.74) is 4.13. The van der Waals surface area contributed by atoms with Crippen LogP contribution in [0.25, 0.3) is 26.9 Å². The van der Waals surface area contributed by atoms with Gasteiger partial charge < -0.3 is 4.57 Å². The molecule has 1 unspecified atom stereocenters. The summed E-state index contributed by atoms with van der Waals surface area (Å²) < 4.78 is 28.4. The Hall–Kier alpha value is -3.96. The Labute approximate surface area is 185 Å². The third kappa shape index (κ3) is 3.63. The Morgan fingerprint density at radius 1 is 0.969 bits per heavy atom. The smallest absolute Gasteiger partial charge is 0.241 e. The van der Waals surface area contributed by atoms with Crippen LogP contribution in [0.1, 0.15) is 11.1 Å². The van der Waals surface area contributed by atoms with Crippen molar-refractivity contribution in [2.45, 2.75) is 17.5 Å². The molecule has 1 atom stereocenters. The first kappa shape index (κ1) is 20.0. The van der Waals surface area contributed by atoms with Crippen molar-refractivity contribution in [1.29, 1.82) is 0 Å². The topological polar surface area (TPSA) is 65.0 Å². The summed E-state index contributed by atoms with van der Waals surface area (Å²) in [5, 5.41) is 9.48. The lowest BCUT2D eigenvalue weighted by molar-refractivity contribution is 0.626. The van der Waals surface area contributed by atoms with Crippen LogP contribution in [0.5, 0.6) is 0 Å². The van der Waals surface area contributed by atoms with E-state index in [9.17, 15) is 8.60 Å². The second-order valence-electron chi connectivity index (χ2n) is 7.23. The number of hydrogen-bond acceptors (Lipinski definition) is 4. The van der Waals surface area contributed by atoms with E-state index in [4.69, 9.17) is 6.57 Å². The van der Waals surface area contributed by atoms with Crippen LogP contribution in [0.2, 0.25) is 0 Å². The molecule has 8 heteroatoms. The van der Waals surface area contributed by atoms with Crippen molar-refractivity contribution in [2.75, 3.05) is 0 Å².